The van der Waals surface area contributed by atoms with Gasteiger partial charge in [0.1, 0.15) is 0 Å². The van der Waals surface area contributed by atoms with Gasteiger partial charge in [-0.3, -0.25) is 14.4 Å². The lowest BCUT2D eigenvalue weighted by Gasteiger charge is -2.06. The fourth-order valence-electron chi connectivity index (χ4n) is 1.19. The van der Waals surface area contributed by atoms with Crippen LogP contribution in [0.1, 0.15) is 26.2 Å². The number of hydrogen-bond donors (Lipinski definition) is 4. The van der Waals surface area contributed by atoms with Crippen molar-refractivity contribution in [3.8, 4) is 0 Å². The highest BCUT2D eigenvalue weighted by Gasteiger charge is 2.11. The van der Waals surface area contributed by atoms with Crippen LogP contribution in [0.5, 0.6) is 0 Å². The molecule has 7 heteroatoms. The van der Waals surface area contributed by atoms with Gasteiger partial charge < -0.3 is 21.1 Å². The highest BCUT2D eigenvalue weighted by Crippen LogP contribution is 1.91. The highest BCUT2D eigenvalue weighted by molar-refractivity contribution is 6.35. The molecule has 0 saturated carbocycles. The van der Waals surface area contributed by atoms with Crippen LogP contribution in [0.15, 0.2) is 0 Å². The second-order valence-corrected chi connectivity index (χ2v) is 3.78. The summed E-state index contributed by atoms with van der Waals surface area (Å²) < 4.78 is 0. The summed E-state index contributed by atoms with van der Waals surface area (Å²) in [5, 5.41) is 15.9. The molecule has 0 aromatic carbocycles. The van der Waals surface area contributed by atoms with Crippen LogP contribution in [0.2, 0.25) is 0 Å². The molecule has 0 aromatic heterocycles. The Morgan fingerprint density at radius 2 is 1.39 bits per heavy atom. The molecule has 0 spiro atoms. The zero-order chi connectivity index (χ0) is 13.8. The first-order valence-corrected chi connectivity index (χ1v) is 5.99. The first kappa shape index (κ1) is 16.4. The van der Waals surface area contributed by atoms with E-state index < -0.39 is 11.8 Å². The molecule has 0 unspecified atom stereocenters. The molecule has 0 heterocycles. The van der Waals surface area contributed by atoms with E-state index >= 15 is 0 Å². The SMILES string of the molecule is CC(=O)NCCNC(=O)C(=O)NCCCCCO. The Morgan fingerprint density at radius 1 is 0.833 bits per heavy atom. The molecule has 18 heavy (non-hydrogen) atoms. The lowest BCUT2D eigenvalue weighted by molar-refractivity contribution is -0.139. The van der Waals surface area contributed by atoms with Crippen molar-refractivity contribution in [3.63, 3.8) is 0 Å². The van der Waals surface area contributed by atoms with Crippen molar-refractivity contribution in [1.82, 2.24) is 16.0 Å². The smallest absolute Gasteiger partial charge is 0.309 e. The van der Waals surface area contributed by atoms with E-state index in [9.17, 15) is 14.4 Å². The van der Waals surface area contributed by atoms with Gasteiger partial charge >= 0.3 is 11.8 Å². The zero-order valence-electron chi connectivity index (χ0n) is 10.6. The van der Waals surface area contributed by atoms with Gasteiger partial charge in [0, 0.05) is 33.2 Å². The van der Waals surface area contributed by atoms with Crippen LogP contribution in [0.3, 0.4) is 0 Å². The standard InChI is InChI=1S/C11H21N3O4/c1-9(16)12-6-7-14-11(18)10(17)13-5-3-2-4-8-15/h15H,2-8H2,1H3,(H,12,16)(H,13,17)(H,14,18). The third-order valence-corrected chi connectivity index (χ3v) is 2.11. The van der Waals surface area contributed by atoms with Crippen molar-refractivity contribution in [1.29, 1.82) is 0 Å². The number of aliphatic hydroxyl groups is 1. The molecule has 4 N–H and O–H groups in total. The van der Waals surface area contributed by atoms with E-state index in [1.807, 2.05) is 0 Å². The average molecular weight is 259 g/mol. The van der Waals surface area contributed by atoms with Gasteiger partial charge in [-0.1, -0.05) is 0 Å². The van der Waals surface area contributed by atoms with Crippen LogP contribution in [-0.4, -0.2) is 49.1 Å². The Morgan fingerprint density at radius 3 is 1.94 bits per heavy atom. The Hall–Kier alpha value is -1.63. The maximum Gasteiger partial charge on any atom is 0.309 e. The monoisotopic (exact) mass is 259 g/mol. The molecule has 0 aromatic rings. The lowest BCUT2D eigenvalue weighted by Crippen LogP contribution is -2.42. The van der Waals surface area contributed by atoms with Crippen molar-refractivity contribution < 1.29 is 19.5 Å². The largest absolute Gasteiger partial charge is 0.396 e. The van der Waals surface area contributed by atoms with Gasteiger partial charge in [-0.15, -0.1) is 0 Å². The van der Waals surface area contributed by atoms with Crippen LogP contribution in [0.25, 0.3) is 0 Å². The van der Waals surface area contributed by atoms with Crippen LogP contribution >= 0.6 is 0 Å². The number of hydrogen-bond acceptors (Lipinski definition) is 4. The van der Waals surface area contributed by atoms with Gasteiger partial charge in [-0.25, -0.2) is 0 Å². The predicted octanol–water partition coefficient (Wildman–Crippen LogP) is -1.48. The minimum absolute atomic E-state index is 0.136. The molecular formula is C11H21N3O4. The molecule has 0 rings (SSSR count). The van der Waals surface area contributed by atoms with E-state index in [1.54, 1.807) is 0 Å². The number of carbonyl (C=O) groups excluding carboxylic acids is 3. The van der Waals surface area contributed by atoms with Crippen molar-refractivity contribution in [2.24, 2.45) is 0 Å². The molecule has 0 aliphatic rings. The Balaban J connectivity index is 3.51. The summed E-state index contributed by atoms with van der Waals surface area (Å²) in [6, 6.07) is 0. The third-order valence-electron chi connectivity index (χ3n) is 2.11. The molecule has 0 aliphatic carbocycles. The molecule has 0 aliphatic heterocycles. The second-order valence-electron chi connectivity index (χ2n) is 3.78. The fraction of sp³-hybridized carbons (Fsp3) is 0.727. The summed E-state index contributed by atoms with van der Waals surface area (Å²) in [7, 11) is 0. The molecule has 3 amide bonds. The van der Waals surface area contributed by atoms with Gasteiger partial charge in [0.25, 0.3) is 0 Å². The van der Waals surface area contributed by atoms with Gasteiger partial charge in [0.15, 0.2) is 0 Å². The summed E-state index contributed by atoms with van der Waals surface area (Å²) >= 11 is 0. The number of amides is 3. The van der Waals surface area contributed by atoms with Crippen molar-refractivity contribution in [2.75, 3.05) is 26.2 Å². The van der Waals surface area contributed by atoms with Gasteiger partial charge in [0.2, 0.25) is 5.91 Å². The van der Waals surface area contributed by atoms with E-state index in [2.05, 4.69) is 16.0 Å². The van der Waals surface area contributed by atoms with E-state index in [0.29, 0.717) is 19.5 Å². The Kier molecular flexibility index (Phi) is 9.57. The van der Waals surface area contributed by atoms with E-state index in [4.69, 9.17) is 5.11 Å². The topological polar surface area (TPSA) is 108 Å². The minimum Gasteiger partial charge on any atom is -0.396 e. The van der Waals surface area contributed by atoms with Crippen molar-refractivity contribution >= 4 is 17.7 Å². The molecule has 0 radical (unpaired) electrons. The number of carbonyl (C=O) groups is 3. The van der Waals surface area contributed by atoms with Crippen LogP contribution < -0.4 is 16.0 Å². The Bertz CT molecular complexity index is 281. The molecule has 0 saturated heterocycles. The Labute approximate surface area is 106 Å². The molecule has 104 valence electrons. The van der Waals surface area contributed by atoms with E-state index in [-0.39, 0.29) is 19.1 Å². The van der Waals surface area contributed by atoms with Gasteiger partial charge in [0.05, 0.1) is 0 Å². The van der Waals surface area contributed by atoms with E-state index in [1.165, 1.54) is 6.92 Å². The maximum absolute atomic E-state index is 11.2. The summed E-state index contributed by atoms with van der Waals surface area (Å²) in [6.07, 6.45) is 2.23. The molecule has 0 fully saturated rings. The lowest BCUT2D eigenvalue weighted by atomic mass is 10.2. The van der Waals surface area contributed by atoms with Crippen molar-refractivity contribution in [2.45, 2.75) is 26.2 Å². The highest BCUT2D eigenvalue weighted by atomic mass is 16.3. The molecule has 7 nitrogen and oxygen atoms in total. The van der Waals surface area contributed by atoms with Crippen LogP contribution in [0, 0.1) is 0 Å². The van der Waals surface area contributed by atoms with Crippen LogP contribution in [-0.2, 0) is 14.4 Å². The average Bonchev–Trinajstić information content (AvgIpc) is 2.33. The number of rotatable bonds is 8. The quantitative estimate of drug-likeness (QED) is 0.315. The fourth-order valence-corrected chi connectivity index (χ4v) is 1.19. The first-order chi connectivity index (χ1) is 8.57. The zero-order valence-corrected chi connectivity index (χ0v) is 10.6. The van der Waals surface area contributed by atoms with Crippen molar-refractivity contribution in [3.05, 3.63) is 0 Å². The maximum atomic E-state index is 11.2. The number of nitrogens with one attached hydrogen (secondary N) is 3. The van der Waals surface area contributed by atoms with E-state index in [0.717, 1.165) is 12.8 Å². The molecular weight excluding hydrogens is 238 g/mol. The first-order valence-electron chi connectivity index (χ1n) is 5.99. The summed E-state index contributed by atoms with van der Waals surface area (Å²) in [5.41, 5.74) is 0. The minimum atomic E-state index is -0.706. The normalized spacial score (nSPS) is 9.67. The van der Waals surface area contributed by atoms with Gasteiger partial charge in [-0.05, 0) is 19.3 Å². The van der Waals surface area contributed by atoms with Crippen LogP contribution in [0.4, 0.5) is 0 Å². The second kappa shape index (κ2) is 10.5. The molecule has 0 atom stereocenters. The third kappa shape index (κ3) is 9.59. The predicted molar refractivity (Wildman–Crippen MR) is 65.6 cm³/mol. The number of unbranched alkanes of at least 4 members (excludes halogenated alkanes) is 2. The number of aliphatic hydroxyl groups excluding tert-OH is 1. The summed E-state index contributed by atoms with van der Waals surface area (Å²) in [5.74, 6) is -1.57. The summed E-state index contributed by atoms with van der Waals surface area (Å²) in [4.78, 5) is 33.0. The summed E-state index contributed by atoms with van der Waals surface area (Å²) in [6.45, 7) is 2.44. The van der Waals surface area contributed by atoms with Gasteiger partial charge in [-0.2, -0.15) is 0 Å². The molecule has 0 bridgehead atoms.